The van der Waals surface area contributed by atoms with Gasteiger partial charge in [0.1, 0.15) is 5.15 Å². The average molecular weight is 200 g/mol. The van der Waals surface area contributed by atoms with Crippen molar-refractivity contribution in [2.75, 3.05) is 20.1 Å². The van der Waals surface area contributed by atoms with Gasteiger partial charge in [-0.3, -0.25) is 0 Å². The molecule has 0 amide bonds. The quantitative estimate of drug-likeness (QED) is 0.550. The number of nitrogens with zero attached hydrogens (tertiary/aromatic N) is 1. The third-order valence-electron chi connectivity index (χ3n) is 1.67. The summed E-state index contributed by atoms with van der Waals surface area (Å²) in [6.45, 7) is 2.77. The summed E-state index contributed by atoms with van der Waals surface area (Å²) in [4.78, 5) is 3.99. The van der Waals surface area contributed by atoms with Crippen LogP contribution in [0, 0.1) is 0 Å². The maximum atomic E-state index is 5.65. The summed E-state index contributed by atoms with van der Waals surface area (Å²) in [5.74, 6) is 0. The third kappa shape index (κ3) is 4.22. The SMILES string of the molecule is CNCCNCc1ccc(Cl)nc1. The van der Waals surface area contributed by atoms with E-state index in [1.54, 1.807) is 12.3 Å². The van der Waals surface area contributed by atoms with E-state index in [1.807, 2.05) is 13.1 Å². The molecule has 0 aromatic carbocycles. The Morgan fingerprint density at radius 1 is 1.38 bits per heavy atom. The molecule has 1 heterocycles. The lowest BCUT2D eigenvalue weighted by Crippen LogP contribution is -2.24. The van der Waals surface area contributed by atoms with Crippen molar-refractivity contribution in [3.8, 4) is 0 Å². The van der Waals surface area contributed by atoms with E-state index in [2.05, 4.69) is 15.6 Å². The number of hydrogen-bond acceptors (Lipinski definition) is 3. The van der Waals surface area contributed by atoms with E-state index in [0.717, 1.165) is 25.2 Å². The monoisotopic (exact) mass is 199 g/mol. The second-order valence-electron chi connectivity index (χ2n) is 2.77. The Kier molecular flexibility index (Phi) is 4.75. The molecule has 0 spiro atoms. The van der Waals surface area contributed by atoms with E-state index in [-0.39, 0.29) is 0 Å². The zero-order valence-corrected chi connectivity index (χ0v) is 8.43. The Hall–Kier alpha value is -0.640. The predicted octanol–water partition coefficient (Wildman–Crippen LogP) is 1.04. The highest BCUT2D eigenvalue weighted by molar-refractivity contribution is 6.29. The molecule has 0 bridgehead atoms. The first-order chi connectivity index (χ1) is 6.33. The van der Waals surface area contributed by atoms with Crippen LogP contribution in [-0.4, -0.2) is 25.1 Å². The van der Waals surface area contributed by atoms with Crippen molar-refractivity contribution in [3.63, 3.8) is 0 Å². The minimum absolute atomic E-state index is 0.541. The predicted molar refractivity (Wildman–Crippen MR) is 54.9 cm³/mol. The van der Waals surface area contributed by atoms with Crippen molar-refractivity contribution in [1.82, 2.24) is 15.6 Å². The number of aromatic nitrogens is 1. The minimum Gasteiger partial charge on any atom is -0.318 e. The fraction of sp³-hybridized carbons (Fsp3) is 0.444. The standard InChI is InChI=1S/C9H14ClN3/c1-11-4-5-12-6-8-2-3-9(10)13-7-8/h2-3,7,11-12H,4-6H2,1H3. The Bertz CT molecular complexity index is 235. The Morgan fingerprint density at radius 3 is 2.85 bits per heavy atom. The molecular formula is C9H14ClN3. The number of rotatable bonds is 5. The van der Waals surface area contributed by atoms with Crippen molar-refractivity contribution < 1.29 is 0 Å². The van der Waals surface area contributed by atoms with Crippen LogP contribution in [0.4, 0.5) is 0 Å². The highest BCUT2D eigenvalue weighted by atomic mass is 35.5. The largest absolute Gasteiger partial charge is 0.318 e. The maximum Gasteiger partial charge on any atom is 0.129 e. The van der Waals surface area contributed by atoms with Crippen molar-refractivity contribution in [2.24, 2.45) is 0 Å². The van der Waals surface area contributed by atoms with E-state index in [4.69, 9.17) is 11.6 Å². The van der Waals surface area contributed by atoms with E-state index in [9.17, 15) is 0 Å². The van der Waals surface area contributed by atoms with Crippen LogP contribution < -0.4 is 10.6 Å². The van der Waals surface area contributed by atoms with Crippen LogP contribution in [0.1, 0.15) is 5.56 Å². The molecule has 0 aliphatic heterocycles. The van der Waals surface area contributed by atoms with E-state index in [1.165, 1.54) is 0 Å². The summed E-state index contributed by atoms with van der Waals surface area (Å²) in [7, 11) is 1.94. The highest BCUT2D eigenvalue weighted by Gasteiger charge is 1.92. The van der Waals surface area contributed by atoms with Crippen LogP contribution >= 0.6 is 11.6 Å². The average Bonchev–Trinajstić information content (AvgIpc) is 2.15. The molecule has 0 saturated carbocycles. The van der Waals surface area contributed by atoms with Crippen LogP contribution in [0.25, 0.3) is 0 Å². The first-order valence-electron chi connectivity index (χ1n) is 4.28. The molecule has 0 radical (unpaired) electrons. The van der Waals surface area contributed by atoms with Crippen LogP contribution in [0.5, 0.6) is 0 Å². The summed E-state index contributed by atoms with van der Waals surface area (Å²) in [6, 6.07) is 3.78. The van der Waals surface area contributed by atoms with Crippen LogP contribution in [0.15, 0.2) is 18.3 Å². The third-order valence-corrected chi connectivity index (χ3v) is 1.89. The van der Waals surface area contributed by atoms with E-state index in [0.29, 0.717) is 5.15 Å². The molecule has 0 aliphatic rings. The second-order valence-corrected chi connectivity index (χ2v) is 3.16. The summed E-state index contributed by atoms with van der Waals surface area (Å²) < 4.78 is 0. The number of halogens is 1. The summed E-state index contributed by atoms with van der Waals surface area (Å²) in [5, 5.41) is 6.88. The first-order valence-corrected chi connectivity index (χ1v) is 4.66. The van der Waals surface area contributed by atoms with Crippen molar-refractivity contribution in [3.05, 3.63) is 29.0 Å². The van der Waals surface area contributed by atoms with E-state index < -0.39 is 0 Å². The number of likely N-dealkylation sites (N-methyl/N-ethyl adjacent to an activating group) is 1. The van der Waals surface area contributed by atoms with Gasteiger partial charge in [-0.05, 0) is 18.7 Å². The molecule has 0 unspecified atom stereocenters. The van der Waals surface area contributed by atoms with Gasteiger partial charge < -0.3 is 10.6 Å². The Morgan fingerprint density at radius 2 is 2.23 bits per heavy atom. The first kappa shape index (κ1) is 10.4. The molecule has 0 aliphatic carbocycles. The van der Waals surface area contributed by atoms with Gasteiger partial charge in [0.15, 0.2) is 0 Å². The molecule has 0 atom stereocenters. The molecular weight excluding hydrogens is 186 g/mol. The van der Waals surface area contributed by atoms with Gasteiger partial charge in [-0.15, -0.1) is 0 Å². The van der Waals surface area contributed by atoms with Gasteiger partial charge in [0, 0.05) is 25.8 Å². The summed E-state index contributed by atoms with van der Waals surface area (Å²) in [5.41, 5.74) is 1.15. The molecule has 13 heavy (non-hydrogen) atoms. The zero-order chi connectivity index (χ0) is 9.52. The van der Waals surface area contributed by atoms with Gasteiger partial charge >= 0.3 is 0 Å². The van der Waals surface area contributed by atoms with Crippen molar-refractivity contribution >= 4 is 11.6 Å². The molecule has 0 fully saturated rings. The number of hydrogen-bond donors (Lipinski definition) is 2. The van der Waals surface area contributed by atoms with Crippen molar-refractivity contribution in [1.29, 1.82) is 0 Å². The molecule has 1 aromatic heterocycles. The smallest absolute Gasteiger partial charge is 0.129 e. The van der Waals surface area contributed by atoms with Gasteiger partial charge in [0.25, 0.3) is 0 Å². The van der Waals surface area contributed by atoms with Gasteiger partial charge in [-0.1, -0.05) is 17.7 Å². The fourth-order valence-electron chi connectivity index (χ4n) is 0.957. The Labute approximate surface area is 83.5 Å². The molecule has 72 valence electrons. The minimum atomic E-state index is 0.541. The summed E-state index contributed by atoms with van der Waals surface area (Å²) >= 11 is 5.65. The van der Waals surface area contributed by atoms with Gasteiger partial charge in [0.2, 0.25) is 0 Å². The summed E-state index contributed by atoms with van der Waals surface area (Å²) in [6.07, 6.45) is 1.79. The normalized spacial score (nSPS) is 10.3. The number of pyridine rings is 1. The lowest BCUT2D eigenvalue weighted by atomic mass is 10.3. The molecule has 0 saturated heterocycles. The Balaban J connectivity index is 2.25. The molecule has 4 heteroatoms. The van der Waals surface area contributed by atoms with Crippen molar-refractivity contribution in [2.45, 2.75) is 6.54 Å². The van der Waals surface area contributed by atoms with Crippen LogP contribution in [-0.2, 0) is 6.54 Å². The topological polar surface area (TPSA) is 37.0 Å². The maximum absolute atomic E-state index is 5.65. The van der Waals surface area contributed by atoms with Crippen LogP contribution in [0.3, 0.4) is 0 Å². The van der Waals surface area contributed by atoms with Gasteiger partial charge in [-0.2, -0.15) is 0 Å². The highest BCUT2D eigenvalue weighted by Crippen LogP contribution is 2.04. The lowest BCUT2D eigenvalue weighted by Gasteiger charge is -2.03. The second kappa shape index (κ2) is 5.91. The molecule has 2 N–H and O–H groups in total. The van der Waals surface area contributed by atoms with Gasteiger partial charge in [0.05, 0.1) is 0 Å². The number of nitrogens with one attached hydrogen (secondary N) is 2. The molecule has 1 rings (SSSR count). The molecule has 3 nitrogen and oxygen atoms in total. The van der Waals surface area contributed by atoms with Crippen LogP contribution in [0.2, 0.25) is 5.15 Å². The van der Waals surface area contributed by atoms with E-state index >= 15 is 0 Å². The zero-order valence-electron chi connectivity index (χ0n) is 7.68. The van der Waals surface area contributed by atoms with Gasteiger partial charge in [-0.25, -0.2) is 4.98 Å². The fourth-order valence-corrected chi connectivity index (χ4v) is 1.07. The lowest BCUT2D eigenvalue weighted by molar-refractivity contribution is 0.649. The molecule has 1 aromatic rings.